The molecular weight excluding hydrogens is 376 g/mol. The van der Waals surface area contributed by atoms with E-state index in [1.165, 1.54) is 12.1 Å². The lowest BCUT2D eigenvalue weighted by Crippen LogP contribution is -2.43. The van der Waals surface area contributed by atoms with Crippen molar-refractivity contribution in [3.63, 3.8) is 0 Å². The molecule has 7 N–H and O–H groups in total. The highest BCUT2D eigenvalue weighted by atomic mass is 16.2. The van der Waals surface area contributed by atoms with Gasteiger partial charge >= 0.3 is 0 Å². The Hall–Kier alpha value is -3.72. The van der Waals surface area contributed by atoms with Gasteiger partial charge in [-0.15, -0.1) is 0 Å². The van der Waals surface area contributed by atoms with Gasteiger partial charge in [0.25, 0.3) is 11.8 Å². The van der Waals surface area contributed by atoms with Gasteiger partial charge in [0.2, 0.25) is 0 Å². The van der Waals surface area contributed by atoms with Crippen LogP contribution in [0.25, 0.3) is 10.8 Å². The van der Waals surface area contributed by atoms with Crippen molar-refractivity contribution in [1.82, 2.24) is 5.32 Å². The maximum Gasteiger partial charge on any atom is 0.258 e. The fourth-order valence-electron chi connectivity index (χ4n) is 4.05. The van der Waals surface area contributed by atoms with E-state index in [1.54, 1.807) is 36.4 Å². The van der Waals surface area contributed by atoms with Gasteiger partial charge in [0.1, 0.15) is 11.6 Å². The lowest BCUT2D eigenvalue weighted by Gasteiger charge is -2.26. The van der Waals surface area contributed by atoms with Crippen LogP contribution < -0.4 is 11.1 Å². The number of quaternary nitrogens is 1. The summed E-state index contributed by atoms with van der Waals surface area (Å²) in [5, 5.41) is 3.05. The second-order valence-corrected chi connectivity index (χ2v) is 6.71. The molecule has 29 heavy (non-hydrogen) atoms. The number of carbonyl (C=O) groups is 4. The third-order valence-corrected chi connectivity index (χ3v) is 5.30. The second-order valence-electron chi connectivity index (χ2n) is 6.71. The van der Waals surface area contributed by atoms with E-state index in [2.05, 4.69) is 11.1 Å². The molecule has 3 aromatic carbocycles. The normalized spacial score (nSPS) is 14.9. The summed E-state index contributed by atoms with van der Waals surface area (Å²) < 4.78 is 0. The van der Waals surface area contributed by atoms with Crippen LogP contribution in [-0.2, 0) is 0 Å². The highest BCUT2D eigenvalue weighted by Gasteiger charge is 2.40. The van der Waals surface area contributed by atoms with Crippen LogP contribution in [0.4, 0.5) is 5.69 Å². The van der Waals surface area contributed by atoms with Crippen molar-refractivity contribution < 1.29 is 35.9 Å². The molecule has 0 aromatic heterocycles. The van der Waals surface area contributed by atoms with Crippen LogP contribution in [-0.4, -0.2) is 34.3 Å². The number of imide groups is 1. The summed E-state index contributed by atoms with van der Waals surface area (Å²) in [7, 11) is 0. The predicted octanol–water partition coefficient (Wildman–Crippen LogP) is 0.758. The second kappa shape index (κ2) is 6.71. The van der Waals surface area contributed by atoms with Gasteiger partial charge in [-0.25, -0.2) is 0 Å². The van der Waals surface area contributed by atoms with Crippen molar-refractivity contribution >= 4 is 39.8 Å². The fraction of sp³-hybridized carbons (Fsp3) is 0.0476. The Morgan fingerprint density at radius 2 is 1.14 bits per heavy atom. The largest absolute Gasteiger partial charge is 0.870 e. The molecule has 8 heteroatoms. The van der Waals surface area contributed by atoms with E-state index in [-0.39, 0.29) is 22.5 Å². The first kappa shape index (κ1) is 20.0. The van der Waals surface area contributed by atoms with E-state index in [4.69, 9.17) is 0 Å². The van der Waals surface area contributed by atoms with Crippen LogP contribution >= 0.6 is 0 Å². The quantitative estimate of drug-likeness (QED) is 0.459. The van der Waals surface area contributed by atoms with Crippen LogP contribution in [0.1, 0.15) is 52.9 Å². The van der Waals surface area contributed by atoms with Crippen LogP contribution in [0.15, 0.2) is 48.5 Å². The van der Waals surface area contributed by atoms with Gasteiger partial charge in [0.05, 0.1) is 0 Å². The molecule has 0 saturated heterocycles. The standard InChI is InChI=1S/C21H12N2O4.2H2O/c22-14-4-2-1-3-9(14)17-18(24)10-5-7-12-16-13(21(27)23-20(12)26)8-6-11(15(10)16)19(17)25;;/h1-8,17H,22H2,(H,23,26,27);2*1H2. The molecule has 5 rings (SSSR count). The summed E-state index contributed by atoms with van der Waals surface area (Å²) in [5.41, 5.74) is 6.41. The number of amides is 2. The molecular formula is C21H16N2O6. The van der Waals surface area contributed by atoms with Crippen LogP contribution in [0.3, 0.4) is 0 Å². The van der Waals surface area contributed by atoms with Gasteiger partial charge in [0, 0.05) is 38.6 Å². The number of rotatable bonds is 1. The summed E-state index contributed by atoms with van der Waals surface area (Å²) in [6.45, 7) is 0. The number of ketones is 2. The maximum atomic E-state index is 13.2. The van der Waals surface area contributed by atoms with Gasteiger partial charge in [-0.1, -0.05) is 18.2 Å². The molecule has 0 unspecified atom stereocenters. The predicted molar refractivity (Wildman–Crippen MR) is 102 cm³/mol. The van der Waals surface area contributed by atoms with E-state index >= 15 is 0 Å². The number of benzene rings is 3. The van der Waals surface area contributed by atoms with Crippen molar-refractivity contribution in [2.75, 3.05) is 0 Å². The summed E-state index contributed by atoms with van der Waals surface area (Å²) >= 11 is 0. The lowest BCUT2D eigenvalue weighted by molar-refractivity contribution is -0.255. The molecule has 0 fully saturated rings. The zero-order valence-corrected chi connectivity index (χ0v) is 15.0. The van der Waals surface area contributed by atoms with Crippen molar-refractivity contribution in [2.24, 2.45) is 0 Å². The first-order valence-corrected chi connectivity index (χ1v) is 8.43. The number of nitrogens with one attached hydrogen (secondary N) is 1. The van der Waals surface area contributed by atoms with Crippen LogP contribution in [0, 0.1) is 0 Å². The van der Waals surface area contributed by atoms with Crippen molar-refractivity contribution in [1.29, 1.82) is 0 Å². The monoisotopic (exact) mass is 392 g/mol. The van der Waals surface area contributed by atoms with Crippen LogP contribution in [0.2, 0.25) is 0 Å². The van der Waals surface area contributed by atoms with E-state index < -0.39 is 17.7 Å². The molecule has 2 amide bonds. The van der Waals surface area contributed by atoms with Crippen molar-refractivity contribution in [3.8, 4) is 0 Å². The molecule has 0 radical (unpaired) electrons. The summed E-state index contributed by atoms with van der Waals surface area (Å²) in [6, 6.07) is 13.3. The van der Waals surface area contributed by atoms with Crippen molar-refractivity contribution in [3.05, 3.63) is 76.3 Å². The number of Topliss-reactive ketones (excluding diaryl/α,β-unsaturated/α-hetero) is 2. The minimum atomic E-state index is -0.974. The fourth-order valence-corrected chi connectivity index (χ4v) is 4.05. The summed E-state index contributed by atoms with van der Waals surface area (Å²) in [6.07, 6.45) is 0. The summed E-state index contributed by atoms with van der Waals surface area (Å²) in [5.74, 6) is -2.71. The molecule has 146 valence electrons. The Bertz CT molecular complexity index is 1180. The number of hydrogen-bond donors (Lipinski definition) is 2. The molecule has 0 saturated carbocycles. The average molecular weight is 392 g/mol. The average Bonchev–Trinajstić information content (AvgIpc) is 2.66. The summed E-state index contributed by atoms with van der Waals surface area (Å²) in [4.78, 5) is 50.8. The third-order valence-electron chi connectivity index (χ3n) is 5.30. The van der Waals surface area contributed by atoms with Gasteiger partial charge in [-0.3, -0.25) is 24.5 Å². The molecule has 0 bridgehead atoms. The Kier molecular flexibility index (Phi) is 4.63. The van der Waals surface area contributed by atoms with Gasteiger partial charge in [-0.2, -0.15) is 0 Å². The molecule has 0 atom stereocenters. The highest BCUT2D eigenvalue weighted by Crippen LogP contribution is 2.41. The molecule has 8 nitrogen and oxygen atoms in total. The van der Waals surface area contributed by atoms with E-state index in [1.807, 2.05) is 0 Å². The number of carbonyl (C=O) groups excluding carboxylic acids is 4. The lowest BCUT2D eigenvalue weighted by atomic mass is 9.74. The maximum absolute atomic E-state index is 13.2. The van der Waals surface area contributed by atoms with E-state index in [9.17, 15) is 19.2 Å². The van der Waals surface area contributed by atoms with Gasteiger partial charge < -0.3 is 16.7 Å². The Labute approximate surface area is 163 Å². The van der Waals surface area contributed by atoms with Crippen molar-refractivity contribution in [2.45, 2.75) is 5.92 Å². The Morgan fingerprint density at radius 1 is 0.690 bits per heavy atom. The molecule has 3 aromatic rings. The third kappa shape index (κ3) is 2.51. The van der Waals surface area contributed by atoms with Crippen LogP contribution in [0.5, 0.6) is 0 Å². The zero-order valence-electron chi connectivity index (χ0n) is 15.0. The smallest absolute Gasteiger partial charge is 0.258 e. The van der Waals surface area contributed by atoms with E-state index in [0.29, 0.717) is 44.3 Å². The first-order valence-electron chi connectivity index (χ1n) is 8.43. The number of hydrogen-bond acceptors (Lipinski definition) is 5. The molecule has 1 aliphatic heterocycles. The molecule has 1 aliphatic carbocycles. The SMILES string of the molecule is O.[NH3+]c1ccccc1C1C(=O)c2ccc3c4c(ccc(c24)C1=O)C(=O)NC3=O.[OH-]. The van der Waals surface area contributed by atoms with Gasteiger partial charge in [-0.05, 0) is 30.3 Å². The Balaban J connectivity index is 0.00000120. The molecule has 0 spiro atoms. The highest BCUT2D eigenvalue weighted by molar-refractivity contribution is 6.36. The zero-order chi connectivity index (χ0) is 18.9. The minimum absolute atomic E-state index is 0. The molecule has 2 aliphatic rings. The van der Waals surface area contributed by atoms with E-state index in [0.717, 1.165) is 0 Å². The topological polar surface area (TPSA) is 169 Å². The van der Waals surface area contributed by atoms with Gasteiger partial charge in [0.15, 0.2) is 11.6 Å². The minimum Gasteiger partial charge on any atom is -0.870 e. The first-order chi connectivity index (χ1) is 13.0. The Morgan fingerprint density at radius 3 is 1.66 bits per heavy atom. The molecule has 1 heterocycles.